The van der Waals surface area contributed by atoms with Crippen LogP contribution in [0.3, 0.4) is 0 Å². The van der Waals surface area contributed by atoms with E-state index in [0.29, 0.717) is 25.5 Å². The summed E-state index contributed by atoms with van der Waals surface area (Å²) in [6.07, 6.45) is 4.38. The van der Waals surface area contributed by atoms with Crippen molar-refractivity contribution in [3.05, 3.63) is 0 Å². The quantitative estimate of drug-likeness (QED) is 0.813. The Morgan fingerprint density at radius 1 is 1.33 bits per heavy atom. The minimum Gasteiger partial charge on any atom is -0.367 e. The van der Waals surface area contributed by atoms with Crippen molar-refractivity contribution in [3.8, 4) is 0 Å². The highest BCUT2D eigenvalue weighted by Crippen LogP contribution is 2.40. The van der Waals surface area contributed by atoms with Gasteiger partial charge in [-0.2, -0.15) is 0 Å². The molecule has 0 aromatic carbocycles. The molecule has 1 unspecified atom stereocenters. The molecule has 0 aromatic rings. The SMILES string of the molecule is CC1(C)CN(C(=O)C2(C)CCCC2)CC(CN)O1. The fourth-order valence-electron chi connectivity index (χ4n) is 3.32. The first-order chi connectivity index (χ1) is 8.36. The van der Waals surface area contributed by atoms with E-state index in [0.717, 1.165) is 12.8 Å². The van der Waals surface area contributed by atoms with E-state index in [-0.39, 0.29) is 17.1 Å². The van der Waals surface area contributed by atoms with Crippen LogP contribution in [0.2, 0.25) is 0 Å². The number of nitrogens with zero attached hydrogens (tertiary/aromatic N) is 1. The topological polar surface area (TPSA) is 55.6 Å². The summed E-state index contributed by atoms with van der Waals surface area (Å²) >= 11 is 0. The minimum atomic E-state index is -0.285. The van der Waals surface area contributed by atoms with Crippen molar-refractivity contribution in [2.75, 3.05) is 19.6 Å². The standard InChI is InChI=1S/C14H26N2O2/c1-13(2)10-16(9-11(8-15)18-13)12(17)14(3)6-4-5-7-14/h11H,4-10,15H2,1-3H3. The maximum absolute atomic E-state index is 12.7. The van der Waals surface area contributed by atoms with Gasteiger partial charge in [0.25, 0.3) is 0 Å². The lowest BCUT2D eigenvalue weighted by Gasteiger charge is -2.44. The molecule has 1 saturated heterocycles. The second-order valence-electron chi connectivity index (χ2n) is 6.69. The van der Waals surface area contributed by atoms with Crippen LogP contribution in [0.15, 0.2) is 0 Å². The highest BCUT2D eigenvalue weighted by Gasteiger charge is 2.43. The Morgan fingerprint density at radius 2 is 1.94 bits per heavy atom. The Hall–Kier alpha value is -0.610. The van der Waals surface area contributed by atoms with Crippen LogP contribution >= 0.6 is 0 Å². The summed E-state index contributed by atoms with van der Waals surface area (Å²) in [4.78, 5) is 14.7. The van der Waals surface area contributed by atoms with Gasteiger partial charge in [-0.15, -0.1) is 0 Å². The van der Waals surface area contributed by atoms with Crippen molar-refractivity contribution in [1.82, 2.24) is 4.90 Å². The molecular formula is C14H26N2O2. The third-order valence-electron chi connectivity index (χ3n) is 4.25. The molecule has 0 bridgehead atoms. The largest absolute Gasteiger partial charge is 0.367 e. The van der Waals surface area contributed by atoms with Gasteiger partial charge in [0.2, 0.25) is 5.91 Å². The van der Waals surface area contributed by atoms with Crippen LogP contribution in [-0.2, 0) is 9.53 Å². The van der Waals surface area contributed by atoms with Gasteiger partial charge in [-0.1, -0.05) is 19.8 Å². The number of nitrogens with two attached hydrogens (primary N) is 1. The summed E-state index contributed by atoms with van der Waals surface area (Å²) in [5.74, 6) is 0.301. The second kappa shape index (κ2) is 4.82. The van der Waals surface area contributed by atoms with E-state index in [1.807, 2.05) is 18.7 Å². The number of ether oxygens (including phenoxy) is 1. The maximum atomic E-state index is 12.7. The summed E-state index contributed by atoms with van der Waals surface area (Å²) < 4.78 is 5.88. The lowest BCUT2D eigenvalue weighted by molar-refractivity contribution is -0.167. The first-order valence-corrected chi connectivity index (χ1v) is 7.04. The molecule has 0 spiro atoms. The molecule has 1 aliphatic heterocycles. The number of hydrogen-bond donors (Lipinski definition) is 1. The Balaban J connectivity index is 2.09. The molecule has 0 radical (unpaired) electrons. The molecule has 4 heteroatoms. The van der Waals surface area contributed by atoms with Gasteiger partial charge < -0.3 is 15.4 Å². The molecule has 1 amide bonds. The molecule has 2 aliphatic rings. The summed E-state index contributed by atoms with van der Waals surface area (Å²) in [6.45, 7) is 7.98. The van der Waals surface area contributed by atoms with Crippen molar-refractivity contribution in [2.45, 2.75) is 58.2 Å². The Kier molecular flexibility index (Phi) is 3.70. The third kappa shape index (κ3) is 2.69. The number of amides is 1. The van der Waals surface area contributed by atoms with E-state index >= 15 is 0 Å². The summed E-state index contributed by atoms with van der Waals surface area (Å²) in [6, 6.07) is 0. The molecule has 18 heavy (non-hydrogen) atoms. The van der Waals surface area contributed by atoms with E-state index in [1.165, 1.54) is 12.8 Å². The molecule has 0 aromatic heterocycles. The lowest BCUT2D eigenvalue weighted by Crippen LogP contribution is -2.58. The molecule has 1 heterocycles. The molecule has 2 N–H and O–H groups in total. The predicted molar refractivity (Wildman–Crippen MR) is 71.2 cm³/mol. The second-order valence-corrected chi connectivity index (χ2v) is 6.69. The van der Waals surface area contributed by atoms with E-state index in [9.17, 15) is 4.79 Å². The molecule has 2 rings (SSSR count). The zero-order valence-corrected chi connectivity index (χ0v) is 11.9. The van der Waals surface area contributed by atoms with E-state index in [1.54, 1.807) is 0 Å². The molecule has 1 atom stereocenters. The molecule has 1 saturated carbocycles. The highest BCUT2D eigenvalue weighted by atomic mass is 16.5. The van der Waals surface area contributed by atoms with Crippen molar-refractivity contribution in [2.24, 2.45) is 11.1 Å². The number of hydrogen-bond acceptors (Lipinski definition) is 3. The Morgan fingerprint density at radius 3 is 2.50 bits per heavy atom. The number of rotatable bonds is 2. The third-order valence-corrected chi connectivity index (χ3v) is 4.25. The van der Waals surface area contributed by atoms with Gasteiger partial charge in [-0.3, -0.25) is 4.79 Å². The van der Waals surface area contributed by atoms with Crippen LogP contribution < -0.4 is 5.73 Å². The van der Waals surface area contributed by atoms with E-state index in [2.05, 4.69) is 6.92 Å². The van der Waals surface area contributed by atoms with Crippen LogP contribution in [0, 0.1) is 5.41 Å². The van der Waals surface area contributed by atoms with E-state index in [4.69, 9.17) is 10.5 Å². The van der Waals surface area contributed by atoms with Gasteiger partial charge in [-0.05, 0) is 26.7 Å². The fourth-order valence-corrected chi connectivity index (χ4v) is 3.32. The van der Waals surface area contributed by atoms with Gasteiger partial charge in [0.1, 0.15) is 0 Å². The number of carbonyl (C=O) groups is 1. The zero-order valence-electron chi connectivity index (χ0n) is 11.9. The summed E-state index contributed by atoms with van der Waals surface area (Å²) in [7, 11) is 0. The number of morpholine rings is 1. The summed E-state index contributed by atoms with van der Waals surface area (Å²) in [5, 5.41) is 0. The molecule has 4 nitrogen and oxygen atoms in total. The average molecular weight is 254 g/mol. The Bertz CT molecular complexity index is 322. The molecule has 1 aliphatic carbocycles. The van der Waals surface area contributed by atoms with Gasteiger partial charge in [0.05, 0.1) is 11.7 Å². The highest BCUT2D eigenvalue weighted by molar-refractivity contribution is 5.82. The van der Waals surface area contributed by atoms with Crippen molar-refractivity contribution < 1.29 is 9.53 Å². The molecular weight excluding hydrogens is 228 g/mol. The average Bonchev–Trinajstić information content (AvgIpc) is 2.74. The maximum Gasteiger partial charge on any atom is 0.228 e. The van der Waals surface area contributed by atoms with Crippen molar-refractivity contribution in [3.63, 3.8) is 0 Å². The minimum absolute atomic E-state index is 0.0253. The normalized spacial score (nSPS) is 30.4. The van der Waals surface area contributed by atoms with Gasteiger partial charge >= 0.3 is 0 Å². The first kappa shape index (κ1) is 13.8. The Labute approximate surface area is 110 Å². The van der Waals surface area contributed by atoms with Gasteiger partial charge in [-0.25, -0.2) is 0 Å². The van der Waals surface area contributed by atoms with Crippen LogP contribution in [0.5, 0.6) is 0 Å². The lowest BCUT2D eigenvalue weighted by atomic mass is 9.86. The first-order valence-electron chi connectivity index (χ1n) is 7.04. The van der Waals surface area contributed by atoms with E-state index < -0.39 is 0 Å². The van der Waals surface area contributed by atoms with Crippen LogP contribution in [-0.4, -0.2) is 42.1 Å². The summed E-state index contributed by atoms with van der Waals surface area (Å²) in [5.41, 5.74) is 5.28. The van der Waals surface area contributed by atoms with Crippen LogP contribution in [0.25, 0.3) is 0 Å². The smallest absolute Gasteiger partial charge is 0.228 e. The fraction of sp³-hybridized carbons (Fsp3) is 0.929. The van der Waals surface area contributed by atoms with Gasteiger partial charge in [0, 0.05) is 25.0 Å². The molecule has 2 fully saturated rings. The van der Waals surface area contributed by atoms with Crippen LogP contribution in [0.1, 0.15) is 46.5 Å². The monoisotopic (exact) mass is 254 g/mol. The van der Waals surface area contributed by atoms with Crippen LogP contribution in [0.4, 0.5) is 0 Å². The molecule has 104 valence electrons. The zero-order chi connectivity index (χ0) is 13.4. The number of carbonyl (C=O) groups excluding carboxylic acids is 1. The van der Waals surface area contributed by atoms with Crippen molar-refractivity contribution in [1.29, 1.82) is 0 Å². The predicted octanol–water partition coefficient (Wildman–Crippen LogP) is 1.53. The van der Waals surface area contributed by atoms with Crippen molar-refractivity contribution >= 4 is 5.91 Å². The van der Waals surface area contributed by atoms with Gasteiger partial charge in [0.15, 0.2) is 0 Å².